The molecule has 0 saturated carbocycles. The first kappa shape index (κ1) is 14.3. The highest BCUT2D eigenvalue weighted by Crippen LogP contribution is 2.38. The number of carboxylic acid groups (broad SMARTS) is 1. The van der Waals surface area contributed by atoms with Gasteiger partial charge in [-0.1, -0.05) is 19.1 Å². The summed E-state index contributed by atoms with van der Waals surface area (Å²) in [5.41, 5.74) is -0.0283. The van der Waals surface area contributed by atoms with Crippen LogP contribution < -0.4 is 4.90 Å². The zero-order valence-corrected chi connectivity index (χ0v) is 11.4. The molecule has 1 aliphatic heterocycles. The van der Waals surface area contributed by atoms with Crippen LogP contribution in [-0.4, -0.2) is 29.1 Å². The fourth-order valence-corrected chi connectivity index (χ4v) is 2.78. The summed E-state index contributed by atoms with van der Waals surface area (Å²) in [4.78, 5) is 24.0. The molecule has 0 atom stereocenters. The molecular formula is C14H18N2O4. The van der Waals surface area contributed by atoms with Gasteiger partial charge in [-0.3, -0.25) is 14.9 Å². The van der Waals surface area contributed by atoms with Crippen molar-refractivity contribution in [1.82, 2.24) is 0 Å². The molecule has 0 aliphatic carbocycles. The van der Waals surface area contributed by atoms with Gasteiger partial charge < -0.3 is 10.0 Å². The fourth-order valence-electron chi connectivity index (χ4n) is 2.78. The summed E-state index contributed by atoms with van der Waals surface area (Å²) in [6, 6.07) is 6.60. The second kappa shape index (κ2) is 5.48. The van der Waals surface area contributed by atoms with E-state index in [0.29, 0.717) is 38.0 Å². The van der Waals surface area contributed by atoms with Crippen molar-refractivity contribution < 1.29 is 14.8 Å². The number of piperidine rings is 1. The molecule has 1 N–H and O–H groups in total. The van der Waals surface area contributed by atoms with Crippen molar-refractivity contribution in [1.29, 1.82) is 0 Å². The van der Waals surface area contributed by atoms with Gasteiger partial charge in [0.25, 0.3) is 5.69 Å². The van der Waals surface area contributed by atoms with Crippen molar-refractivity contribution >= 4 is 17.3 Å². The summed E-state index contributed by atoms with van der Waals surface area (Å²) in [5, 5.41) is 20.4. The lowest BCUT2D eigenvalue weighted by Gasteiger charge is -2.39. The number of carbonyl (C=O) groups is 1. The molecule has 2 rings (SSSR count). The zero-order valence-electron chi connectivity index (χ0n) is 11.4. The maximum Gasteiger partial charge on any atom is 0.309 e. The fraction of sp³-hybridized carbons (Fsp3) is 0.500. The van der Waals surface area contributed by atoms with E-state index in [0.717, 1.165) is 0 Å². The Balaban J connectivity index is 2.19. The van der Waals surface area contributed by atoms with Crippen molar-refractivity contribution in [3.05, 3.63) is 34.4 Å². The third-order valence-corrected chi connectivity index (χ3v) is 4.27. The SMILES string of the molecule is CCC1(C(=O)O)CCN(c2ccccc2[N+](=O)[O-])CC1. The van der Waals surface area contributed by atoms with Crippen LogP contribution in [0, 0.1) is 15.5 Å². The molecule has 108 valence electrons. The minimum absolute atomic E-state index is 0.0758. The van der Waals surface area contributed by atoms with Crippen LogP contribution in [0.25, 0.3) is 0 Å². The highest BCUT2D eigenvalue weighted by molar-refractivity contribution is 5.75. The average Bonchev–Trinajstić information content (AvgIpc) is 2.47. The van der Waals surface area contributed by atoms with Crippen LogP contribution in [0.3, 0.4) is 0 Å². The molecule has 1 aliphatic rings. The molecule has 0 amide bonds. The van der Waals surface area contributed by atoms with E-state index in [-0.39, 0.29) is 5.69 Å². The maximum atomic E-state index is 11.4. The lowest BCUT2D eigenvalue weighted by Crippen LogP contribution is -2.44. The van der Waals surface area contributed by atoms with Gasteiger partial charge in [0.15, 0.2) is 0 Å². The van der Waals surface area contributed by atoms with E-state index in [2.05, 4.69) is 0 Å². The molecule has 1 fully saturated rings. The third-order valence-electron chi connectivity index (χ3n) is 4.27. The number of rotatable bonds is 4. The van der Waals surface area contributed by atoms with E-state index < -0.39 is 16.3 Å². The van der Waals surface area contributed by atoms with Gasteiger partial charge in [0.2, 0.25) is 0 Å². The first-order chi connectivity index (χ1) is 9.50. The summed E-state index contributed by atoms with van der Waals surface area (Å²) in [6.07, 6.45) is 1.63. The first-order valence-corrected chi connectivity index (χ1v) is 6.72. The van der Waals surface area contributed by atoms with Gasteiger partial charge in [0.05, 0.1) is 10.3 Å². The zero-order chi connectivity index (χ0) is 14.8. The van der Waals surface area contributed by atoms with E-state index in [1.807, 2.05) is 11.8 Å². The predicted octanol–water partition coefficient (Wildman–Crippen LogP) is 2.68. The maximum absolute atomic E-state index is 11.4. The summed E-state index contributed by atoms with van der Waals surface area (Å²) in [5.74, 6) is -0.762. The monoisotopic (exact) mass is 278 g/mol. The highest BCUT2D eigenvalue weighted by Gasteiger charge is 2.40. The van der Waals surface area contributed by atoms with E-state index in [4.69, 9.17) is 0 Å². The predicted molar refractivity (Wildman–Crippen MR) is 74.9 cm³/mol. The molecule has 0 bridgehead atoms. The van der Waals surface area contributed by atoms with Gasteiger partial charge in [-0.15, -0.1) is 0 Å². The van der Waals surface area contributed by atoms with Crippen LogP contribution >= 0.6 is 0 Å². The number of nitro benzene ring substituents is 1. The molecule has 1 aromatic carbocycles. The smallest absolute Gasteiger partial charge is 0.309 e. The van der Waals surface area contributed by atoms with Crippen LogP contribution in [0.4, 0.5) is 11.4 Å². The Hall–Kier alpha value is -2.11. The second-order valence-electron chi connectivity index (χ2n) is 5.17. The molecule has 0 radical (unpaired) electrons. The Morgan fingerprint density at radius 2 is 2.00 bits per heavy atom. The van der Waals surface area contributed by atoms with Crippen molar-refractivity contribution in [3.8, 4) is 0 Å². The molecule has 20 heavy (non-hydrogen) atoms. The van der Waals surface area contributed by atoms with Crippen molar-refractivity contribution in [2.45, 2.75) is 26.2 Å². The number of hydrogen-bond acceptors (Lipinski definition) is 4. The highest BCUT2D eigenvalue weighted by atomic mass is 16.6. The minimum atomic E-state index is -0.762. The Labute approximate surface area is 117 Å². The molecule has 1 saturated heterocycles. The molecule has 0 aromatic heterocycles. The molecular weight excluding hydrogens is 260 g/mol. The van der Waals surface area contributed by atoms with E-state index in [9.17, 15) is 20.0 Å². The van der Waals surface area contributed by atoms with Gasteiger partial charge in [-0.05, 0) is 25.3 Å². The molecule has 6 nitrogen and oxygen atoms in total. The van der Waals surface area contributed by atoms with E-state index in [1.54, 1.807) is 18.2 Å². The lowest BCUT2D eigenvalue weighted by atomic mass is 9.76. The number of hydrogen-bond donors (Lipinski definition) is 1. The standard InChI is InChI=1S/C14H18N2O4/c1-2-14(13(17)18)7-9-15(10-8-14)11-5-3-4-6-12(11)16(19)20/h3-6H,2,7-10H2,1H3,(H,17,18). The number of para-hydroxylation sites is 2. The van der Waals surface area contributed by atoms with Crippen molar-refractivity contribution in [2.24, 2.45) is 5.41 Å². The Morgan fingerprint density at radius 1 is 1.40 bits per heavy atom. The summed E-state index contributed by atoms with van der Waals surface area (Å²) in [6.45, 7) is 2.95. The van der Waals surface area contributed by atoms with Crippen LogP contribution in [0.15, 0.2) is 24.3 Å². The Kier molecular flexibility index (Phi) is 3.92. The molecule has 6 heteroatoms. The molecule has 0 unspecified atom stereocenters. The van der Waals surface area contributed by atoms with Gasteiger partial charge >= 0.3 is 5.97 Å². The summed E-state index contributed by atoms with van der Waals surface area (Å²) < 4.78 is 0. The second-order valence-corrected chi connectivity index (χ2v) is 5.17. The minimum Gasteiger partial charge on any atom is -0.481 e. The largest absolute Gasteiger partial charge is 0.481 e. The Morgan fingerprint density at radius 3 is 2.50 bits per heavy atom. The molecule has 1 aromatic rings. The number of anilines is 1. The summed E-state index contributed by atoms with van der Waals surface area (Å²) in [7, 11) is 0. The van der Waals surface area contributed by atoms with E-state index in [1.165, 1.54) is 6.07 Å². The van der Waals surface area contributed by atoms with Crippen LogP contribution in [0.1, 0.15) is 26.2 Å². The number of aliphatic carboxylic acids is 1. The third kappa shape index (κ3) is 2.45. The van der Waals surface area contributed by atoms with Gasteiger partial charge in [0.1, 0.15) is 5.69 Å². The number of nitro groups is 1. The topological polar surface area (TPSA) is 83.7 Å². The van der Waals surface area contributed by atoms with Gasteiger partial charge in [-0.2, -0.15) is 0 Å². The lowest BCUT2D eigenvalue weighted by molar-refractivity contribution is -0.384. The van der Waals surface area contributed by atoms with Crippen LogP contribution in [0.2, 0.25) is 0 Å². The average molecular weight is 278 g/mol. The molecule has 1 heterocycles. The van der Waals surface area contributed by atoms with Crippen molar-refractivity contribution in [2.75, 3.05) is 18.0 Å². The Bertz CT molecular complexity index is 522. The van der Waals surface area contributed by atoms with Gasteiger partial charge in [-0.25, -0.2) is 0 Å². The quantitative estimate of drug-likeness (QED) is 0.676. The number of nitrogens with zero attached hydrogens (tertiary/aromatic N) is 2. The van der Waals surface area contributed by atoms with Crippen LogP contribution in [-0.2, 0) is 4.79 Å². The van der Waals surface area contributed by atoms with Gasteiger partial charge in [0, 0.05) is 19.2 Å². The van der Waals surface area contributed by atoms with E-state index >= 15 is 0 Å². The number of carboxylic acids is 1. The summed E-state index contributed by atoms with van der Waals surface area (Å²) >= 11 is 0. The first-order valence-electron chi connectivity index (χ1n) is 6.72. The normalized spacial score (nSPS) is 17.8. The number of benzene rings is 1. The van der Waals surface area contributed by atoms with Crippen LogP contribution in [0.5, 0.6) is 0 Å². The van der Waals surface area contributed by atoms with Crippen molar-refractivity contribution in [3.63, 3.8) is 0 Å². The molecule has 0 spiro atoms.